The molecule has 1 saturated heterocycles. The first-order valence-corrected chi connectivity index (χ1v) is 6.92. The van der Waals surface area contributed by atoms with Gasteiger partial charge in [-0.25, -0.2) is 4.39 Å². The van der Waals surface area contributed by atoms with Crippen molar-refractivity contribution in [3.8, 4) is 0 Å². The van der Waals surface area contributed by atoms with Gasteiger partial charge in [-0.3, -0.25) is 0 Å². The lowest BCUT2D eigenvalue weighted by Gasteiger charge is -2.24. The zero-order valence-corrected chi connectivity index (χ0v) is 11.3. The van der Waals surface area contributed by atoms with Crippen molar-refractivity contribution in [1.29, 1.82) is 0 Å². The van der Waals surface area contributed by atoms with Gasteiger partial charge in [-0.1, -0.05) is 13.0 Å². The van der Waals surface area contributed by atoms with Gasteiger partial charge < -0.3 is 10.6 Å². The minimum atomic E-state index is -0.107. The Balaban J connectivity index is 2.14. The molecule has 0 amide bonds. The van der Waals surface area contributed by atoms with E-state index in [0.717, 1.165) is 43.5 Å². The molecule has 18 heavy (non-hydrogen) atoms. The van der Waals surface area contributed by atoms with Gasteiger partial charge in [0, 0.05) is 18.6 Å². The molecule has 1 heterocycles. The largest absolute Gasteiger partial charge is 0.366 e. The van der Waals surface area contributed by atoms with Gasteiger partial charge in [0.2, 0.25) is 0 Å². The quantitative estimate of drug-likeness (QED) is 0.889. The Bertz CT molecular complexity index is 405. The Labute approximate surface area is 109 Å². The van der Waals surface area contributed by atoms with E-state index in [1.807, 2.05) is 12.1 Å². The van der Waals surface area contributed by atoms with Crippen LogP contribution in [0.15, 0.2) is 18.2 Å². The second kappa shape index (κ2) is 5.70. The van der Waals surface area contributed by atoms with Crippen LogP contribution >= 0.6 is 0 Å². The molecular weight excluding hydrogens is 227 g/mol. The highest BCUT2D eigenvalue weighted by atomic mass is 19.1. The molecule has 2 nitrogen and oxygen atoms in total. The minimum Gasteiger partial charge on any atom is -0.366 e. The van der Waals surface area contributed by atoms with Crippen LogP contribution in [0.2, 0.25) is 0 Å². The maximum Gasteiger partial charge on any atom is 0.146 e. The van der Waals surface area contributed by atoms with Crippen molar-refractivity contribution in [2.24, 2.45) is 5.73 Å². The van der Waals surface area contributed by atoms with Gasteiger partial charge in [-0.05, 0) is 50.3 Å². The fourth-order valence-electron chi connectivity index (χ4n) is 2.65. The lowest BCUT2D eigenvalue weighted by Crippen LogP contribution is -2.27. The Kier molecular flexibility index (Phi) is 4.23. The summed E-state index contributed by atoms with van der Waals surface area (Å²) in [4.78, 5) is 2.17. The molecule has 0 radical (unpaired) electrons. The zero-order chi connectivity index (χ0) is 13.1. The topological polar surface area (TPSA) is 29.3 Å². The SMILES string of the molecule is CCC(N)Cc1ccc(N2CCCC2C)c(F)c1. The van der Waals surface area contributed by atoms with Crippen LogP contribution in [0.3, 0.4) is 0 Å². The second-order valence-electron chi connectivity index (χ2n) is 5.34. The summed E-state index contributed by atoms with van der Waals surface area (Å²) in [5.74, 6) is -0.107. The van der Waals surface area contributed by atoms with Crippen molar-refractivity contribution in [3.63, 3.8) is 0 Å². The van der Waals surface area contributed by atoms with Gasteiger partial charge in [0.25, 0.3) is 0 Å². The molecule has 1 aromatic rings. The molecule has 100 valence electrons. The predicted octanol–water partition coefficient (Wildman–Crippen LogP) is 3.09. The van der Waals surface area contributed by atoms with Crippen molar-refractivity contribution >= 4 is 5.69 Å². The van der Waals surface area contributed by atoms with E-state index in [4.69, 9.17) is 5.73 Å². The van der Waals surface area contributed by atoms with E-state index in [0.29, 0.717) is 6.04 Å². The van der Waals surface area contributed by atoms with Gasteiger partial charge in [0.05, 0.1) is 5.69 Å². The molecule has 0 aliphatic carbocycles. The minimum absolute atomic E-state index is 0.107. The smallest absolute Gasteiger partial charge is 0.146 e. The van der Waals surface area contributed by atoms with Crippen molar-refractivity contribution in [2.75, 3.05) is 11.4 Å². The number of rotatable bonds is 4. The predicted molar refractivity (Wildman–Crippen MR) is 74.4 cm³/mol. The third-order valence-electron chi connectivity index (χ3n) is 3.90. The maximum absolute atomic E-state index is 14.1. The molecule has 0 saturated carbocycles. The third kappa shape index (κ3) is 2.83. The van der Waals surface area contributed by atoms with E-state index in [1.54, 1.807) is 6.07 Å². The number of halogens is 1. The first kappa shape index (κ1) is 13.3. The maximum atomic E-state index is 14.1. The summed E-state index contributed by atoms with van der Waals surface area (Å²) < 4.78 is 14.1. The third-order valence-corrected chi connectivity index (χ3v) is 3.90. The Morgan fingerprint density at radius 1 is 1.50 bits per heavy atom. The van der Waals surface area contributed by atoms with Gasteiger partial charge in [0.1, 0.15) is 5.82 Å². The monoisotopic (exact) mass is 250 g/mol. The molecule has 1 aliphatic heterocycles. The number of anilines is 1. The normalized spacial score (nSPS) is 21.3. The van der Waals surface area contributed by atoms with Crippen LogP contribution in [0, 0.1) is 5.82 Å². The van der Waals surface area contributed by atoms with Gasteiger partial charge >= 0.3 is 0 Å². The van der Waals surface area contributed by atoms with Gasteiger partial charge in [-0.2, -0.15) is 0 Å². The van der Waals surface area contributed by atoms with Crippen LogP contribution < -0.4 is 10.6 Å². The highest BCUT2D eigenvalue weighted by molar-refractivity contribution is 5.51. The summed E-state index contributed by atoms with van der Waals surface area (Å²) in [6.45, 7) is 5.18. The molecule has 2 unspecified atom stereocenters. The van der Waals surface area contributed by atoms with Crippen LogP contribution in [0.5, 0.6) is 0 Å². The molecule has 0 bridgehead atoms. The molecule has 1 aliphatic rings. The summed E-state index contributed by atoms with van der Waals surface area (Å²) in [6, 6.07) is 6.15. The molecule has 0 aromatic heterocycles. The van der Waals surface area contributed by atoms with Crippen molar-refractivity contribution in [1.82, 2.24) is 0 Å². The zero-order valence-electron chi connectivity index (χ0n) is 11.3. The summed E-state index contributed by atoms with van der Waals surface area (Å²) in [5.41, 5.74) is 7.65. The van der Waals surface area contributed by atoms with E-state index in [-0.39, 0.29) is 11.9 Å². The van der Waals surface area contributed by atoms with E-state index < -0.39 is 0 Å². The Hall–Kier alpha value is -1.09. The number of hydrogen-bond donors (Lipinski definition) is 1. The van der Waals surface area contributed by atoms with E-state index in [2.05, 4.69) is 18.7 Å². The summed E-state index contributed by atoms with van der Waals surface area (Å²) in [6.07, 6.45) is 3.99. The molecule has 2 atom stereocenters. The molecule has 2 rings (SSSR count). The van der Waals surface area contributed by atoms with Crippen molar-refractivity contribution < 1.29 is 4.39 Å². The Morgan fingerprint density at radius 3 is 2.83 bits per heavy atom. The number of benzene rings is 1. The molecule has 0 spiro atoms. The van der Waals surface area contributed by atoms with Crippen LogP contribution in [-0.4, -0.2) is 18.6 Å². The van der Waals surface area contributed by atoms with Crippen LogP contribution in [0.1, 0.15) is 38.7 Å². The highest BCUT2D eigenvalue weighted by Gasteiger charge is 2.22. The fraction of sp³-hybridized carbons (Fsp3) is 0.600. The lowest BCUT2D eigenvalue weighted by molar-refractivity contribution is 0.604. The van der Waals surface area contributed by atoms with E-state index in [1.165, 1.54) is 0 Å². The lowest BCUT2D eigenvalue weighted by atomic mass is 10.0. The number of nitrogens with two attached hydrogens (primary N) is 1. The van der Waals surface area contributed by atoms with E-state index in [9.17, 15) is 4.39 Å². The summed E-state index contributed by atoms with van der Waals surface area (Å²) >= 11 is 0. The first-order valence-electron chi connectivity index (χ1n) is 6.92. The van der Waals surface area contributed by atoms with Gasteiger partial charge in [-0.15, -0.1) is 0 Å². The van der Waals surface area contributed by atoms with Crippen molar-refractivity contribution in [2.45, 2.75) is 51.6 Å². The highest BCUT2D eigenvalue weighted by Crippen LogP contribution is 2.28. The first-order chi connectivity index (χ1) is 8.61. The molecule has 2 N–H and O–H groups in total. The van der Waals surface area contributed by atoms with Crippen LogP contribution in [0.25, 0.3) is 0 Å². The molecular formula is C15H23FN2. The van der Waals surface area contributed by atoms with Gasteiger partial charge in [0.15, 0.2) is 0 Å². The number of nitrogens with zero attached hydrogens (tertiary/aromatic N) is 1. The second-order valence-corrected chi connectivity index (χ2v) is 5.34. The number of hydrogen-bond acceptors (Lipinski definition) is 2. The standard InChI is InChI=1S/C15H23FN2/c1-3-13(17)9-12-6-7-15(14(16)10-12)18-8-4-5-11(18)2/h6-7,10-11,13H,3-5,8-9,17H2,1-2H3. The fourth-order valence-corrected chi connectivity index (χ4v) is 2.65. The van der Waals surface area contributed by atoms with Crippen LogP contribution in [-0.2, 0) is 6.42 Å². The average molecular weight is 250 g/mol. The van der Waals surface area contributed by atoms with E-state index >= 15 is 0 Å². The molecule has 1 fully saturated rings. The molecule has 3 heteroatoms. The van der Waals surface area contributed by atoms with Crippen LogP contribution in [0.4, 0.5) is 10.1 Å². The Morgan fingerprint density at radius 2 is 2.28 bits per heavy atom. The summed E-state index contributed by atoms with van der Waals surface area (Å²) in [5, 5.41) is 0. The summed E-state index contributed by atoms with van der Waals surface area (Å²) in [7, 11) is 0. The van der Waals surface area contributed by atoms with Crippen molar-refractivity contribution in [3.05, 3.63) is 29.6 Å². The average Bonchev–Trinajstić information content (AvgIpc) is 2.75. The molecule has 1 aromatic carbocycles.